The molecular formula is C31H46N4O5. The lowest BCUT2D eigenvalue weighted by Crippen LogP contribution is -2.55. The van der Waals surface area contributed by atoms with Gasteiger partial charge in [-0.25, -0.2) is 0 Å². The number of aliphatic hydroxyl groups excluding tert-OH is 1. The van der Waals surface area contributed by atoms with Crippen molar-refractivity contribution >= 4 is 28.5 Å². The Bertz CT molecular complexity index is 1120. The topological polar surface area (TPSA) is 120 Å². The number of benzene rings is 2. The fraction of sp³-hybridized carbons (Fsp3) is 0.581. The first-order valence-corrected chi connectivity index (χ1v) is 14.5. The zero-order valence-corrected chi connectivity index (χ0v) is 24.3. The molecule has 0 radical (unpaired) electrons. The monoisotopic (exact) mass is 554 g/mol. The number of nitrogens with one attached hydrogen (secondary N) is 3. The minimum Gasteiger partial charge on any atom is -0.390 e. The van der Waals surface area contributed by atoms with E-state index in [1.807, 2.05) is 63.2 Å². The summed E-state index contributed by atoms with van der Waals surface area (Å²) in [6.07, 6.45) is 2.28. The van der Waals surface area contributed by atoms with Crippen LogP contribution in [0.15, 0.2) is 42.5 Å². The van der Waals surface area contributed by atoms with Crippen LogP contribution in [0.3, 0.4) is 0 Å². The number of ether oxygens (including phenoxy) is 1. The molecule has 1 fully saturated rings. The van der Waals surface area contributed by atoms with Crippen molar-refractivity contribution in [1.29, 1.82) is 0 Å². The number of methoxy groups -OCH3 is 1. The van der Waals surface area contributed by atoms with Gasteiger partial charge in [-0.3, -0.25) is 14.4 Å². The predicted octanol–water partition coefficient (Wildman–Crippen LogP) is 2.40. The maximum Gasteiger partial charge on any atom is 0.243 e. The number of likely N-dealkylation sites (tertiary alicyclic amines) is 1. The predicted molar refractivity (Wildman–Crippen MR) is 157 cm³/mol. The van der Waals surface area contributed by atoms with Gasteiger partial charge in [0.25, 0.3) is 0 Å². The van der Waals surface area contributed by atoms with Gasteiger partial charge in [0.2, 0.25) is 17.7 Å². The number of amides is 3. The Kier molecular flexibility index (Phi) is 12.4. The van der Waals surface area contributed by atoms with E-state index in [2.05, 4.69) is 16.0 Å². The molecule has 0 spiro atoms. The third-order valence-corrected chi connectivity index (χ3v) is 7.69. The quantitative estimate of drug-likeness (QED) is 0.268. The molecule has 4 N–H and O–H groups in total. The largest absolute Gasteiger partial charge is 0.390 e. The molecule has 9 heteroatoms. The smallest absolute Gasteiger partial charge is 0.243 e. The highest BCUT2D eigenvalue weighted by Gasteiger charge is 2.37. The van der Waals surface area contributed by atoms with Gasteiger partial charge >= 0.3 is 0 Å². The molecule has 4 unspecified atom stereocenters. The van der Waals surface area contributed by atoms with Crippen molar-refractivity contribution in [2.24, 2.45) is 5.92 Å². The van der Waals surface area contributed by atoms with Gasteiger partial charge in [-0.05, 0) is 48.9 Å². The molecule has 0 aliphatic carbocycles. The summed E-state index contributed by atoms with van der Waals surface area (Å²) < 4.78 is 5.10. The van der Waals surface area contributed by atoms with Gasteiger partial charge in [0.15, 0.2) is 0 Å². The molecule has 2 aromatic rings. The SMILES string of the molecule is CCC(CC)C(=O)N1CCCC1C(=O)NC(Cc1ccc2ccccc2c1)C(=O)NCC(O)CNC(C)COC. The average molecular weight is 555 g/mol. The molecule has 1 aliphatic rings. The molecule has 0 aromatic heterocycles. The fourth-order valence-electron chi connectivity index (χ4n) is 5.31. The normalized spacial score (nSPS) is 17.6. The van der Waals surface area contributed by atoms with Gasteiger partial charge in [0, 0.05) is 45.1 Å². The van der Waals surface area contributed by atoms with E-state index in [4.69, 9.17) is 4.74 Å². The molecule has 1 heterocycles. The molecule has 3 amide bonds. The van der Waals surface area contributed by atoms with Crippen LogP contribution in [0.5, 0.6) is 0 Å². The Morgan fingerprint density at radius 2 is 1.80 bits per heavy atom. The molecule has 3 rings (SSSR count). The third-order valence-electron chi connectivity index (χ3n) is 7.69. The van der Waals surface area contributed by atoms with Crippen molar-refractivity contribution in [3.8, 4) is 0 Å². The van der Waals surface area contributed by atoms with E-state index in [9.17, 15) is 19.5 Å². The van der Waals surface area contributed by atoms with Crippen molar-refractivity contribution in [3.63, 3.8) is 0 Å². The first kappa shape index (κ1) is 31.5. The Balaban J connectivity index is 1.72. The molecule has 0 bridgehead atoms. The number of carbonyl (C=O) groups excluding carboxylic acids is 3. The molecular weight excluding hydrogens is 508 g/mol. The van der Waals surface area contributed by atoms with E-state index >= 15 is 0 Å². The lowest BCUT2D eigenvalue weighted by Gasteiger charge is -2.29. The zero-order valence-electron chi connectivity index (χ0n) is 24.3. The number of aliphatic hydroxyl groups is 1. The van der Waals surface area contributed by atoms with Gasteiger partial charge in [0.1, 0.15) is 12.1 Å². The first-order valence-electron chi connectivity index (χ1n) is 14.5. The van der Waals surface area contributed by atoms with Crippen molar-refractivity contribution in [3.05, 3.63) is 48.0 Å². The number of nitrogens with zero attached hydrogens (tertiary/aromatic N) is 1. The van der Waals surface area contributed by atoms with Crippen molar-refractivity contribution < 1.29 is 24.2 Å². The molecule has 1 saturated heterocycles. The van der Waals surface area contributed by atoms with Crippen LogP contribution < -0.4 is 16.0 Å². The standard InChI is InChI=1S/C31H46N4O5/c1-5-23(6-2)31(39)35-15-9-12-28(35)30(38)34-27(17-22-13-14-24-10-7-8-11-25(24)16-22)29(37)33-19-26(36)18-32-21(3)20-40-4/h7-8,10-11,13-14,16,21,23,26-28,32,36H,5-6,9,12,15,17-20H2,1-4H3,(H,33,37)(H,34,38). The maximum atomic E-state index is 13.5. The lowest BCUT2D eigenvalue weighted by molar-refractivity contribution is -0.142. The Morgan fingerprint density at radius 3 is 2.50 bits per heavy atom. The van der Waals surface area contributed by atoms with Crippen LogP contribution in [0.4, 0.5) is 0 Å². The summed E-state index contributed by atoms with van der Waals surface area (Å²) in [7, 11) is 1.62. The molecule has 2 aromatic carbocycles. The highest BCUT2D eigenvalue weighted by molar-refractivity contribution is 5.93. The van der Waals surface area contributed by atoms with Crippen LogP contribution in [-0.4, -0.2) is 85.3 Å². The van der Waals surface area contributed by atoms with Crippen molar-refractivity contribution in [2.75, 3.05) is 33.4 Å². The molecule has 1 aliphatic heterocycles. The lowest BCUT2D eigenvalue weighted by atomic mass is 10.00. The number of hydrogen-bond donors (Lipinski definition) is 4. The van der Waals surface area contributed by atoms with Crippen LogP contribution in [0.25, 0.3) is 10.8 Å². The van der Waals surface area contributed by atoms with Crippen molar-refractivity contribution in [2.45, 2.75) is 77.1 Å². The Morgan fingerprint density at radius 1 is 1.07 bits per heavy atom. The van der Waals surface area contributed by atoms with Gasteiger partial charge in [-0.15, -0.1) is 0 Å². The summed E-state index contributed by atoms with van der Waals surface area (Å²) >= 11 is 0. The number of fused-ring (bicyclic) bond motifs is 1. The second-order valence-electron chi connectivity index (χ2n) is 10.8. The zero-order chi connectivity index (χ0) is 29.1. The highest BCUT2D eigenvalue weighted by Crippen LogP contribution is 2.23. The average Bonchev–Trinajstić information content (AvgIpc) is 3.45. The van der Waals surface area contributed by atoms with Crippen LogP contribution >= 0.6 is 0 Å². The van der Waals surface area contributed by atoms with Gasteiger partial charge < -0.3 is 30.7 Å². The van der Waals surface area contributed by atoms with Gasteiger partial charge in [0.05, 0.1) is 12.7 Å². The molecule has 4 atom stereocenters. The molecule has 0 saturated carbocycles. The fourth-order valence-corrected chi connectivity index (χ4v) is 5.31. The Labute approximate surface area is 238 Å². The summed E-state index contributed by atoms with van der Waals surface area (Å²) in [5.41, 5.74) is 0.908. The summed E-state index contributed by atoms with van der Waals surface area (Å²) in [5, 5.41) is 21.5. The first-order chi connectivity index (χ1) is 19.3. The number of hydrogen-bond acceptors (Lipinski definition) is 6. The molecule has 9 nitrogen and oxygen atoms in total. The Hall–Kier alpha value is -3.01. The van der Waals surface area contributed by atoms with Crippen LogP contribution in [0.2, 0.25) is 0 Å². The van der Waals surface area contributed by atoms with Crippen molar-refractivity contribution in [1.82, 2.24) is 20.9 Å². The number of rotatable bonds is 15. The second-order valence-corrected chi connectivity index (χ2v) is 10.8. The van der Waals surface area contributed by atoms with Gasteiger partial charge in [-0.1, -0.05) is 56.3 Å². The van der Waals surface area contributed by atoms with E-state index in [1.165, 1.54) is 0 Å². The van der Waals surface area contributed by atoms with Crippen LogP contribution in [0, 0.1) is 5.92 Å². The number of carbonyl (C=O) groups is 3. The van der Waals surface area contributed by atoms with E-state index in [-0.39, 0.29) is 42.6 Å². The van der Waals surface area contributed by atoms with E-state index in [0.717, 1.165) is 35.6 Å². The second kappa shape index (κ2) is 15.7. The van der Waals surface area contributed by atoms with Crippen LogP contribution in [-0.2, 0) is 25.5 Å². The van der Waals surface area contributed by atoms with E-state index < -0.39 is 18.2 Å². The minimum absolute atomic E-state index is 0.0107. The molecule has 40 heavy (non-hydrogen) atoms. The summed E-state index contributed by atoms with van der Waals surface area (Å²) in [4.78, 5) is 41.7. The highest BCUT2D eigenvalue weighted by atomic mass is 16.5. The third kappa shape index (κ3) is 8.74. The van der Waals surface area contributed by atoms with Crippen LogP contribution in [0.1, 0.15) is 52.0 Å². The minimum atomic E-state index is -0.855. The molecule has 220 valence electrons. The van der Waals surface area contributed by atoms with E-state index in [1.54, 1.807) is 12.0 Å². The summed E-state index contributed by atoms with van der Waals surface area (Å²) in [6.45, 7) is 7.32. The summed E-state index contributed by atoms with van der Waals surface area (Å²) in [5.74, 6) is -0.780. The van der Waals surface area contributed by atoms with E-state index in [0.29, 0.717) is 26.1 Å². The maximum absolute atomic E-state index is 13.5. The summed E-state index contributed by atoms with van der Waals surface area (Å²) in [6, 6.07) is 12.6. The van der Waals surface area contributed by atoms with Gasteiger partial charge in [-0.2, -0.15) is 0 Å².